The maximum atomic E-state index is 11.2. The molecule has 0 fully saturated rings. The van der Waals surface area contributed by atoms with Gasteiger partial charge < -0.3 is 9.67 Å². The van der Waals surface area contributed by atoms with Crippen molar-refractivity contribution < 1.29 is 5.11 Å². The zero-order valence-electron chi connectivity index (χ0n) is 10.7. The van der Waals surface area contributed by atoms with Gasteiger partial charge in [-0.2, -0.15) is 0 Å². The van der Waals surface area contributed by atoms with Crippen molar-refractivity contribution >= 4 is 0 Å². The fraction of sp³-hybridized carbons (Fsp3) is 0.267. The summed E-state index contributed by atoms with van der Waals surface area (Å²) in [6.45, 7) is 4.57. The fourth-order valence-electron chi connectivity index (χ4n) is 1.91. The summed E-state index contributed by atoms with van der Waals surface area (Å²) in [5, 5.41) is 9.59. The lowest BCUT2D eigenvalue weighted by Gasteiger charge is -2.11. The van der Waals surface area contributed by atoms with Crippen LogP contribution >= 0.6 is 0 Å². The molecule has 2 rings (SSSR count). The van der Waals surface area contributed by atoms with Crippen molar-refractivity contribution in [3.8, 4) is 5.75 Å². The Labute approximate surface area is 106 Å². The minimum Gasteiger partial charge on any atom is -0.503 e. The lowest BCUT2D eigenvalue weighted by atomic mass is 10.1. The van der Waals surface area contributed by atoms with Gasteiger partial charge in [0.2, 0.25) is 5.43 Å². The van der Waals surface area contributed by atoms with Crippen LogP contribution in [0.15, 0.2) is 41.3 Å². The van der Waals surface area contributed by atoms with Gasteiger partial charge in [0.25, 0.3) is 0 Å². The first kappa shape index (κ1) is 12.4. The van der Waals surface area contributed by atoms with Gasteiger partial charge in [0.05, 0.1) is 5.69 Å². The number of aryl methyl sites for hydroxylation is 3. The molecule has 0 aliphatic carbocycles. The summed E-state index contributed by atoms with van der Waals surface area (Å²) in [7, 11) is 0. The number of hydrogen-bond donors (Lipinski definition) is 1. The second kappa shape index (κ2) is 5.08. The first-order chi connectivity index (χ1) is 8.58. The normalized spacial score (nSPS) is 10.6. The van der Waals surface area contributed by atoms with E-state index in [0.29, 0.717) is 5.69 Å². The summed E-state index contributed by atoms with van der Waals surface area (Å²) in [5.74, 6) is -0.151. The Morgan fingerprint density at radius 3 is 2.44 bits per heavy atom. The minimum atomic E-state index is -0.320. The number of nitrogens with zero attached hydrogens (tertiary/aromatic N) is 1. The second-order valence-electron chi connectivity index (χ2n) is 4.54. The van der Waals surface area contributed by atoms with Gasteiger partial charge in [-0.25, -0.2) is 0 Å². The monoisotopic (exact) mass is 243 g/mol. The Kier molecular flexibility index (Phi) is 3.51. The van der Waals surface area contributed by atoms with E-state index in [1.165, 1.54) is 17.2 Å². The molecule has 0 atom stereocenters. The summed E-state index contributed by atoms with van der Waals surface area (Å²) >= 11 is 0. The van der Waals surface area contributed by atoms with Crippen molar-refractivity contribution in [2.45, 2.75) is 26.8 Å². The molecule has 1 aromatic heterocycles. The molecule has 0 radical (unpaired) electrons. The largest absolute Gasteiger partial charge is 0.503 e. The fourth-order valence-corrected chi connectivity index (χ4v) is 1.91. The Hall–Kier alpha value is -2.03. The van der Waals surface area contributed by atoms with Crippen LogP contribution < -0.4 is 5.43 Å². The van der Waals surface area contributed by atoms with E-state index in [0.717, 1.165) is 13.0 Å². The lowest BCUT2D eigenvalue weighted by molar-refractivity contribution is 0.453. The average Bonchev–Trinajstić information content (AvgIpc) is 2.37. The third kappa shape index (κ3) is 2.62. The van der Waals surface area contributed by atoms with E-state index in [4.69, 9.17) is 0 Å². The standard InChI is InChI=1S/C15H17NO2/c1-11-3-5-13(6-4-11)7-9-16-10-8-14(17)15(18)12(16)2/h3-6,8,10,18H,7,9H2,1-2H3. The number of benzene rings is 1. The van der Waals surface area contributed by atoms with Crippen LogP contribution in [0.1, 0.15) is 16.8 Å². The minimum absolute atomic E-state index is 0.151. The highest BCUT2D eigenvalue weighted by molar-refractivity contribution is 5.26. The first-order valence-corrected chi connectivity index (χ1v) is 6.02. The molecule has 94 valence electrons. The van der Waals surface area contributed by atoms with Crippen molar-refractivity contribution in [3.05, 3.63) is 63.6 Å². The molecule has 0 aliphatic rings. The van der Waals surface area contributed by atoms with Crippen LogP contribution in [0.5, 0.6) is 5.75 Å². The van der Waals surface area contributed by atoms with Crippen LogP contribution in [0.2, 0.25) is 0 Å². The van der Waals surface area contributed by atoms with Gasteiger partial charge in [0.15, 0.2) is 5.75 Å². The smallest absolute Gasteiger partial charge is 0.223 e. The third-order valence-corrected chi connectivity index (χ3v) is 3.17. The molecular formula is C15H17NO2. The molecule has 0 saturated heterocycles. The van der Waals surface area contributed by atoms with E-state index >= 15 is 0 Å². The summed E-state index contributed by atoms with van der Waals surface area (Å²) in [6, 6.07) is 9.79. The van der Waals surface area contributed by atoms with Crippen LogP contribution in [0.3, 0.4) is 0 Å². The predicted molar refractivity (Wildman–Crippen MR) is 72.0 cm³/mol. The molecule has 3 heteroatoms. The highest BCUT2D eigenvalue weighted by atomic mass is 16.3. The lowest BCUT2D eigenvalue weighted by Crippen LogP contribution is -2.11. The van der Waals surface area contributed by atoms with Crippen LogP contribution in [-0.4, -0.2) is 9.67 Å². The van der Waals surface area contributed by atoms with E-state index < -0.39 is 0 Å². The molecule has 3 nitrogen and oxygen atoms in total. The number of pyridine rings is 1. The average molecular weight is 243 g/mol. The summed E-state index contributed by atoms with van der Waals surface area (Å²) in [6.07, 6.45) is 2.61. The number of rotatable bonds is 3. The molecule has 0 spiro atoms. The summed E-state index contributed by atoms with van der Waals surface area (Å²) in [4.78, 5) is 11.2. The third-order valence-electron chi connectivity index (χ3n) is 3.17. The molecule has 0 saturated carbocycles. The highest BCUT2D eigenvalue weighted by Crippen LogP contribution is 2.11. The molecule has 0 aliphatic heterocycles. The molecular weight excluding hydrogens is 226 g/mol. The first-order valence-electron chi connectivity index (χ1n) is 6.02. The van der Waals surface area contributed by atoms with Gasteiger partial charge in [0.1, 0.15) is 0 Å². The van der Waals surface area contributed by atoms with Crippen molar-refractivity contribution in [1.82, 2.24) is 4.57 Å². The van der Waals surface area contributed by atoms with Crippen LogP contribution in [0, 0.1) is 13.8 Å². The van der Waals surface area contributed by atoms with E-state index in [-0.39, 0.29) is 11.2 Å². The maximum absolute atomic E-state index is 11.2. The summed E-state index contributed by atoms with van der Waals surface area (Å²) < 4.78 is 1.90. The van der Waals surface area contributed by atoms with Crippen molar-refractivity contribution in [2.75, 3.05) is 0 Å². The number of hydrogen-bond acceptors (Lipinski definition) is 2. The molecule has 0 amide bonds. The highest BCUT2D eigenvalue weighted by Gasteiger charge is 2.04. The van der Waals surface area contributed by atoms with Gasteiger partial charge in [0, 0.05) is 18.8 Å². The Balaban J connectivity index is 2.13. The molecule has 0 bridgehead atoms. The van der Waals surface area contributed by atoms with E-state index in [9.17, 15) is 9.90 Å². The van der Waals surface area contributed by atoms with Crippen LogP contribution in [0.4, 0.5) is 0 Å². The second-order valence-corrected chi connectivity index (χ2v) is 4.54. The predicted octanol–water partition coefficient (Wildman–Crippen LogP) is 2.41. The Bertz CT molecular complexity index is 597. The Morgan fingerprint density at radius 2 is 1.78 bits per heavy atom. The molecule has 18 heavy (non-hydrogen) atoms. The van der Waals surface area contributed by atoms with E-state index in [1.807, 2.05) is 4.57 Å². The SMILES string of the molecule is Cc1ccc(CCn2ccc(=O)c(O)c2C)cc1. The molecule has 1 heterocycles. The van der Waals surface area contributed by atoms with Gasteiger partial charge >= 0.3 is 0 Å². The van der Waals surface area contributed by atoms with Crippen LogP contribution in [-0.2, 0) is 13.0 Å². The van der Waals surface area contributed by atoms with Crippen molar-refractivity contribution in [2.24, 2.45) is 0 Å². The molecule has 0 unspecified atom stereocenters. The zero-order chi connectivity index (χ0) is 13.1. The van der Waals surface area contributed by atoms with Crippen LogP contribution in [0.25, 0.3) is 0 Å². The zero-order valence-corrected chi connectivity index (χ0v) is 10.7. The van der Waals surface area contributed by atoms with Gasteiger partial charge in [-0.05, 0) is 25.8 Å². The van der Waals surface area contributed by atoms with E-state index in [2.05, 4.69) is 31.2 Å². The quantitative estimate of drug-likeness (QED) is 0.899. The topological polar surface area (TPSA) is 42.2 Å². The van der Waals surface area contributed by atoms with Crippen molar-refractivity contribution in [3.63, 3.8) is 0 Å². The van der Waals surface area contributed by atoms with E-state index in [1.54, 1.807) is 13.1 Å². The molecule has 1 N–H and O–H groups in total. The summed E-state index contributed by atoms with van der Waals surface area (Å²) in [5.41, 5.74) is 2.79. The van der Waals surface area contributed by atoms with Crippen molar-refractivity contribution in [1.29, 1.82) is 0 Å². The van der Waals surface area contributed by atoms with Gasteiger partial charge in [-0.15, -0.1) is 0 Å². The number of aromatic nitrogens is 1. The molecule has 2 aromatic rings. The van der Waals surface area contributed by atoms with Gasteiger partial charge in [-0.1, -0.05) is 29.8 Å². The maximum Gasteiger partial charge on any atom is 0.223 e. The number of aromatic hydroxyl groups is 1. The molecule has 1 aromatic carbocycles. The van der Waals surface area contributed by atoms with Gasteiger partial charge in [-0.3, -0.25) is 4.79 Å². The Morgan fingerprint density at radius 1 is 1.11 bits per heavy atom.